The first-order valence-corrected chi connectivity index (χ1v) is 6.36. The van der Waals surface area contributed by atoms with Gasteiger partial charge in [-0.2, -0.15) is 5.10 Å². The summed E-state index contributed by atoms with van der Waals surface area (Å²) < 4.78 is 4.78. The fourth-order valence-corrected chi connectivity index (χ4v) is 1.58. The predicted octanol–water partition coefficient (Wildman–Crippen LogP) is 0.627. The van der Waals surface area contributed by atoms with E-state index in [0.29, 0.717) is 31.7 Å². The number of rotatable bonds is 7. The summed E-state index contributed by atoms with van der Waals surface area (Å²) in [6.45, 7) is 4.43. The van der Waals surface area contributed by atoms with Crippen LogP contribution in [0.3, 0.4) is 0 Å². The molecule has 1 rings (SSSR count). The molecule has 0 radical (unpaired) electrons. The molecule has 1 heterocycles. The van der Waals surface area contributed by atoms with Gasteiger partial charge >= 0.3 is 5.97 Å². The monoisotopic (exact) mass is 268 g/mol. The van der Waals surface area contributed by atoms with Gasteiger partial charge in [-0.05, 0) is 19.8 Å². The van der Waals surface area contributed by atoms with Crippen LogP contribution in [0, 0.1) is 0 Å². The number of aryl methyl sites for hydroxylation is 1. The molecule has 0 aliphatic rings. The van der Waals surface area contributed by atoms with Crippen LogP contribution in [-0.4, -0.2) is 35.2 Å². The van der Waals surface area contributed by atoms with Gasteiger partial charge in [-0.25, -0.2) is 0 Å². The molecule has 1 aromatic rings. The van der Waals surface area contributed by atoms with E-state index in [2.05, 4.69) is 15.5 Å². The van der Waals surface area contributed by atoms with Gasteiger partial charge in [-0.1, -0.05) is 6.92 Å². The zero-order chi connectivity index (χ0) is 14.3. The highest BCUT2D eigenvalue weighted by molar-refractivity contribution is 5.97. The number of nitrogen functional groups attached to an aromatic ring is 1. The first-order chi connectivity index (χ1) is 9.10. The summed E-state index contributed by atoms with van der Waals surface area (Å²) in [5.41, 5.74) is 7.11. The van der Waals surface area contributed by atoms with Gasteiger partial charge in [0, 0.05) is 13.0 Å². The molecule has 0 saturated carbocycles. The lowest BCUT2D eigenvalue weighted by atomic mass is 10.2. The van der Waals surface area contributed by atoms with Crippen LogP contribution < -0.4 is 11.1 Å². The van der Waals surface area contributed by atoms with Crippen molar-refractivity contribution in [3.8, 4) is 0 Å². The number of H-pyrrole nitrogens is 1. The van der Waals surface area contributed by atoms with E-state index < -0.39 is 0 Å². The number of esters is 1. The molecule has 0 aromatic carbocycles. The summed E-state index contributed by atoms with van der Waals surface area (Å²) >= 11 is 0. The smallest absolute Gasteiger partial charge is 0.305 e. The number of hydrogen-bond donors (Lipinski definition) is 3. The highest BCUT2D eigenvalue weighted by atomic mass is 16.5. The van der Waals surface area contributed by atoms with Crippen molar-refractivity contribution in [1.29, 1.82) is 0 Å². The Bertz CT molecular complexity index is 442. The van der Waals surface area contributed by atoms with Crippen LogP contribution in [0.15, 0.2) is 0 Å². The van der Waals surface area contributed by atoms with Gasteiger partial charge in [0.2, 0.25) is 0 Å². The molecular formula is C12H20N4O3. The number of nitrogens with two attached hydrogens (primary N) is 1. The minimum atomic E-state index is -0.336. The molecule has 0 spiro atoms. The van der Waals surface area contributed by atoms with Crippen LogP contribution in [0.4, 0.5) is 5.69 Å². The summed E-state index contributed by atoms with van der Waals surface area (Å²) in [7, 11) is 0. The van der Waals surface area contributed by atoms with E-state index in [1.54, 1.807) is 6.92 Å². The topological polar surface area (TPSA) is 110 Å². The molecule has 4 N–H and O–H groups in total. The van der Waals surface area contributed by atoms with Gasteiger partial charge in [0.15, 0.2) is 5.69 Å². The fourth-order valence-electron chi connectivity index (χ4n) is 1.58. The number of aromatic amines is 1. The Hall–Kier alpha value is -2.05. The lowest BCUT2D eigenvalue weighted by Gasteiger charge is -2.04. The molecule has 1 amide bonds. The number of hydrogen-bond acceptors (Lipinski definition) is 5. The normalized spacial score (nSPS) is 10.2. The Kier molecular flexibility index (Phi) is 5.84. The summed E-state index contributed by atoms with van der Waals surface area (Å²) in [5, 5.41) is 9.26. The predicted molar refractivity (Wildman–Crippen MR) is 70.6 cm³/mol. The lowest BCUT2D eigenvalue weighted by Crippen LogP contribution is -2.26. The maximum Gasteiger partial charge on any atom is 0.305 e. The minimum Gasteiger partial charge on any atom is -0.466 e. The summed E-state index contributed by atoms with van der Waals surface area (Å²) in [5.74, 6) is -0.596. The molecule has 7 heteroatoms. The number of carbonyl (C=O) groups excluding carboxylic acids is 2. The van der Waals surface area contributed by atoms with Crippen LogP contribution >= 0.6 is 0 Å². The van der Waals surface area contributed by atoms with Crippen LogP contribution in [0.5, 0.6) is 0 Å². The van der Waals surface area contributed by atoms with E-state index in [1.165, 1.54) is 0 Å². The molecule has 0 aliphatic carbocycles. The maximum absolute atomic E-state index is 11.8. The van der Waals surface area contributed by atoms with Gasteiger partial charge in [-0.15, -0.1) is 0 Å². The second-order valence-corrected chi connectivity index (χ2v) is 3.98. The number of ether oxygens (including phenoxy) is 1. The number of aromatic nitrogens is 2. The summed E-state index contributed by atoms with van der Waals surface area (Å²) in [6, 6.07) is 0. The van der Waals surface area contributed by atoms with Crippen molar-refractivity contribution in [2.75, 3.05) is 18.9 Å². The Labute approximate surface area is 111 Å². The van der Waals surface area contributed by atoms with E-state index in [9.17, 15) is 9.59 Å². The van der Waals surface area contributed by atoms with E-state index >= 15 is 0 Å². The molecule has 0 fully saturated rings. The second-order valence-electron chi connectivity index (χ2n) is 3.98. The first kappa shape index (κ1) is 15.0. The summed E-state index contributed by atoms with van der Waals surface area (Å²) in [4.78, 5) is 22.9. The molecule has 1 aromatic heterocycles. The molecule has 7 nitrogen and oxygen atoms in total. The zero-order valence-electron chi connectivity index (χ0n) is 11.3. The number of carbonyl (C=O) groups is 2. The van der Waals surface area contributed by atoms with Crippen molar-refractivity contribution < 1.29 is 14.3 Å². The van der Waals surface area contributed by atoms with Crippen LogP contribution in [0.1, 0.15) is 42.9 Å². The second kappa shape index (κ2) is 7.40. The maximum atomic E-state index is 11.8. The van der Waals surface area contributed by atoms with Crippen molar-refractivity contribution >= 4 is 17.6 Å². The van der Waals surface area contributed by atoms with E-state index in [-0.39, 0.29) is 24.0 Å². The third-order valence-corrected chi connectivity index (χ3v) is 2.60. The number of amides is 1. The quantitative estimate of drug-likeness (QED) is 0.496. The molecule has 0 bridgehead atoms. The molecule has 0 saturated heterocycles. The number of nitrogens with one attached hydrogen (secondary N) is 2. The van der Waals surface area contributed by atoms with Crippen molar-refractivity contribution in [3.63, 3.8) is 0 Å². The van der Waals surface area contributed by atoms with E-state index in [0.717, 1.165) is 5.69 Å². The minimum absolute atomic E-state index is 0.202. The Morgan fingerprint density at radius 3 is 2.74 bits per heavy atom. The van der Waals surface area contributed by atoms with E-state index in [4.69, 9.17) is 10.5 Å². The molecule has 0 atom stereocenters. The third-order valence-electron chi connectivity index (χ3n) is 2.60. The fraction of sp³-hybridized carbons (Fsp3) is 0.583. The molecule has 0 unspecified atom stereocenters. The van der Waals surface area contributed by atoms with Crippen LogP contribution in [0.2, 0.25) is 0 Å². The summed E-state index contributed by atoms with van der Waals surface area (Å²) in [6.07, 6.45) is 1.49. The van der Waals surface area contributed by atoms with E-state index in [1.807, 2.05) is 6.92 Å². The molecule has 106 valence electrons. The van der Waals surface area contributed by atoms with Gasteiger partial charge in [0.05, 0.1) is 18.0 Å². The average molecular weight is 268 g/mol. The van der Waals surface area contributed by atoms with Gasteiger partial charge in [0.1, 0.15) is 0 Å². The molecule has 19 heavy (non-hydrogen) atoms. The molecule has 0 aliphatic heterocycles. The van der Waals surface area contributed by atoms with Gasteiger partial charge in [-0.3, -0.25) is 14.7 Å². The third kappa shape index (κ3) is 4.27. The number of nitrogens with zero attached hydrogens (tertiary/aromatic N) is 1. The van der Waals surface area contributed by atoms with Crippen LogP contribution in [-0.2, 0) is 16.0 Å². The Morgan fingerprint density at radius 1 is 1.42 bits per heavy atom. The highest BCUT2D eigenvalue weighted by Crippen LogP contribution is 2.13. The largest absolute Gasteiger partial charge is 0.466 e. The lowest BCUT2D eigenvalue weighted by molar-refractivity contribution is -0.143. The van der Waals surface area contributed by atoms with Crippen molar-refractivity contribution in [2.45, 2.75) is 33.1 Å². The van der Waals surface area contributed by atoms with Crippen molar-refractivity contribution in [1.82, 2.24) is 15.5 Å². The first-order valence-electron chi connectivity index (χ1n) is 6.36. The zero-order valence-corrected chi connectivity index (χ0v) is 11.3. The SMILES string of the molecule is CCOC(=O)CCCNC(=O)c1n[nH]c(CC)c1N. The van der Waals surface area contributed by atoms with Gasteiger partial charge < -0.3 is 15.8 Å². The Morgan fingerprint density at radius 2 is 2.16 bits per heavy atom. The highest BCUT2D eigenvalue weighted by Gasteiger charge is 2.15. The average Bonchev–Trinajstić information content (AvgIpc) is 2.76. The Balaban J connectivity index is 2.35. The van der Waals surface area contributed by atoms with Crippen LogP contribution in [0.25, 0.3) is 0 Å². The number of anilines is 1. The van der Waals surface area contributed by atoms with Crippen molar-refractivity contribution in [3.05, 3.63) is 11.4 Å². The van der Waals surface area contributed by atoms with Gasteiger partial charge in [0.25, 0.3) is 5.91 Å². The van der Waals surface area contributed by atoms with Crippen molar-refractivity contribution in [2.24, 2.45) is 0 Å². The molecular weight excluding hydrogens is 248 g/mol. The standard InChI is InChI=1S/C12H20N4O3/c1-3-8-10(13)11(16-15-8)12(18)14-7-5-6-9(17)19-4-2/h3-7,13H2,1-2H3,(H,14,18)(H,15,16).